The average Bonchev–Trinajstić information content (AvgIpc) is 1.93. The maximum Gasteiger partial charge on any atom is 0.218 e. The lowest BCUT2D eigenvalue weighted by Gasteiger charge is -2.02. The molecule has 0 bridgehead atoms. The normalized spacial score (nSPS) is 5.73. The number of aliphatic hydroxyl groups excluding tert-OH is 1. The van der Waals surface area contributed by atoms with E-state index in [9.17, 15) is 4.79 Å². The molecule has 0 aromatic heterocycles. The van der Waals surface area contributed by atoms with E-state index in [0.29, 0.717) is 0 Å². The van der Waals surface area contributed by atoms with Crippen LogP contribution in [0.4, 0.5) is 0 Å². The molecular weight excluding hydrogens is 142 g/mol. The van der Waals surface area contributed by atoms with E-state index in [4.69, 9.17) is 5.11 Å². The van der Waals surface area contributed by atoms with Gasteiger partial charge in [-0.1, -0.05) is 6.58 Å². The van der Waals surface area contributed by atoms with E-state index in [0.717, 1.165) is 6.26 Å². The van der Waals surface area contributed by atoms with Gasteiger partial charge in [-0.2, -0.15) is 0 Å². The van der Waals surface area contributed by atoms with Gasteiger partial charge in [-0.3, -0.25) is 4.79 Å². The minimum atomic E-state index is 0.0926. The van der Waals surface area contributed by atoms with Crippen molar-refractivity contribution in [2.75, 3.05) is 14.1 Å². The standard InChI is InChI=1S/C4H9NO.C2H4O.C2H4/c1-4(6)5(2)3;1-2-3;1-2/h1-3H3;2-3H,1H2;1-2H2. The highest BCUT2D eigenvalue weighted by Gasteiger charge is 1.87. The van der Waals surface area contributed by atoms with Gasteiger partial charge in [0.25, 0.3) is 0 Å². The summed E-state index contributed by atoms with van der Waals surface area (Å²) in [5, 5.41) is 7.33. The van der Waals surface area contributed by atoms with Crippen molar-refractivity contribution < 1.29 is 9.90 Å². The smallest absolute Gasteiger partial charge is 0.218 e. The number of aliphatic hydroxyl groups is 1. The molecule has 0 aliphatic rings. The van der Waals surface area contributed by atoms with Crippen LogP contribution in [0.15, 0.2) is 26.0 Å². The topological polar surface area (TPSA) is 40.5 Å². The predicted octanol–water partition coefficient (Wildman–Crippen LogP) is 1.58. The zero-order chi connectivity index (χ0) is 9.86. The first-order chi connectivity index (χ1) is 5.06. The van der Waals surface area contributed by atoms with Crippen LogP contribution in [-0.4, -0.2) is 30.0 Å². The monoisotopic (exact) mass is 159 g/mol. The van der Waals surface area contributed by atoms with Crippen molar-refractivity contribution in [1.29, 1.82) is 0 Å². The number of hydrogen-bond acceptors (Lipinski definition) is 2. The Kier molecular flexibility index (Phi) is 23.7. The number of amides is 1. The van der Waals surface area contributed by atoms with E-state index in [1.54, 1.807) is 14.1 Å². The second kappa shape index (κ2) is 15.9. The minimum absolute atomic E-state index is 0.0926. The van der Waals surface area contributed by atoms with Crippen molar-refractivity contribution in [3.8, 4) is 0 Å². The van der Waals surface area contributed by atoms with Crippen molar-refractivity contribution >= 4 is 5.91 Å². The molecule has 0 rings (SSSR count). The first-order valence-corrected chi connectivity index (χ1v) is 2.99. The van der Waals surface area contributed by atoms with E-state index in [1.165, 1.54) is 11.8 Å². The van der Waals surface area contributed by atoms with Gasteiger partial charge in [0.1, 0.15) is 0 Å². The summed E-state index contributed by atoms with van der Waals surface area (Å²) < 4.78 is 0. The van der Waals surface area contributed by atoms with Gasteiger partial charge in [0.2, 0.25) is 5.91 Å². The Hall–Kier alpha value is -1.25. The van der Waals surface area contributed by atoms with Gasteiger partial charge >= 0.3 is 0 Å². The zero-order valence-electron chi connectivity index (χ0n) is 7.50. The lowest BCUT2D eigenvalue weighted by molar-refractivity contribution is -0.126. The second-order valence-electron chi connectivity index (χ2n) is 1.60. The van der Waals surface area contributed by atoms with E-state index in [1.807, 2.05) is 0 Å². The molecule has 0 spiro atoms. The molecule has 0 aliphatic carbocycles. The highest BCUT2D eigenvalue weighted by atomic mass is 16.2. The molecule has 11 heavy (non-hydrogen) atoms. The Morgan fingerprint density at radius 2 is 1.55 bits per heavy atom. The molecule has 0 atom stereocenters. The summed E-state index contributed by atoms with van der Waals surface area (Å²) in [6.45, 7) is 10.4. The molecule has 0 aromatic carbocycles. The molecule has 0 fully saturated rings. The summed E-state index contributed by atoms with van der Waals surface area (Å²) >= 11 is 0. The summed E-state index contributed by atoms with van der Waals surface area (Å²) in [7, 11) is 3.45. The van der Waals surface area contributed by atoms with Crippen LogP contribution >= 0.6 is 0 Å². The molecule has 1 N–H and O–H groups in total. The molecule has 0 saturated carbocycles. The number of hydrogen-bond donors (Lipinski definition) is 1. The van der Waals surface area contributed by atoms with Crippen LogP contribution in [0.25, 0.3) is 0 Å². The number of nitrogens with zero attached hydrogens (tertiary/aromatic N) is 1. The fourth-order valence-electron chi connectivity index (χ4n) is 0. The first-order valence-electron chi connectivity index (χ1n) is 2.99. The third-order valence-corrected chi connectivity index (χ3v) is 0.630. The van der Waals surface area contributed by atoms with Crippen molar-refractivity contribution in [1.82, 2.24) is 4.90 Å². The Balaban J connectivity index is -0.000000109. The predicted molar refractivity (Wildman–Crippen MR) is 48.4 cm³/mol. The van der Waals surface area contributed by atoms with Crippen molar-refractivity contribution in [2.45, 2.75) is 6.92 Å². The van der Waals surface area contributed by atoms with Crippen LogP contribution in [0.5, 0.6) is 0 Å². The molecular formula is C8H17NO2. The van der Waals surface area contributed by atoms with E-state index >= 15 is 0 Å². The highest BCUT2D eigenvalue weighted by molar-refractivity contribution is 5.72. The van der Waals surface area contributed by atoms with Gasteiger partial charge in [0, 0.05) is 21.0 Å². The van der Waals surface area contributed by atoms with Gasteiger partial charge in [-0.15, -0.1) is 13.2 Å². The first kappa shape index (κ1) is 16.4. The number of rotatable bonds is 0. The average molecular weight is 159 g/mol. The van der Waals surface area contributed by atoms with Crippen LogP contribution < -0.4 is 0 Å². The molecule has 3 heteroatoms. The Labute approximate surface area is 68.6 Å². The van der Waals surface area contributed by atoms with Crippen molar-refractivity contribution in [3.63, 3.8) is 0 Å². The fourth-order valence-corrected chi connectivity index (χ4v) is 0. The summed E-state index contributed by atoms with van der Waals surface area (Å²) in [5.74, 6) is 0.0926. The van der Waals surface area contributed by atoms with Gasteiger partial charge < -0.3 is 10.0 Å². The van der Waals surface area contributed by atoms with E-state index < -0.39 is 0 Å². The third-order valence-electron chi connectivity index (χ3n) is 0.630. The summed E-state index contributed by atoms with van der Waals surface area (Å²) in [4.78, 5) is 11.6. The lowest BCUT2D eigenvalue weighted by Crippen LogP contribution is -2.17. The van der Waals surface area contributed by atoms with Crippen LogP contribution in [-0.2, 0) is 4.79 Å². The fraction of sp³-hybridized carbons (Fsp3) is 0.375. The van der Waals surface area contributed by atoms with E-state index in [2.05, 4.69) is 19.7 Å². The minimum Gasteiger partial charge on any atom is -0.516 e. The Morgan fingerprint density at radius 1 is 1.45 bits per heavy atom. The van der Waals surface area contributed by atoms with Crippen molar-refractivity contribution in [2.24, 2.45) is 0 Å². The molecule has 1 amide bonds. The van der Waals surface area contributed by atoms with Gasteiger partial charge in [0.05, 0.1) is 6.26 Å². The van der Waals surface area contributed by atoms with Gasteiger partial charge in [-0.05, 0) is 0 Å². The molecule has 0 aliphatic heterocycles. The molecule has 0 heterocycles. The Bertz CT molecular complexity index is 100. The molecule has 0 aromatic rings. The molecule has 0 saturated heterocycles. The van der Waals surface area contributed by atoms with Crippen molar-refractivity contribution in [3.05, 3.63) is 26.0 Å². The molecule has 0 unspecified atom stereocenters. The van der Waals surface area contributed by atoms with Crippen LogP contribution in [0.3, 0.4) is 0 Å². The third kappa shape index (κ3) is 52.7. The molecule has 3 nitrogen and oxygen atoms in total. The summed E-state index contributed by atoms with van der Waals surface area (Å²) in [6.07, 6.45) is 0.750. The molecule has 0 radical (unpaired) electrons. The largest absolute Gasteiger partial charge is 0.516 e. The highest BCUT2D eigenvalue weighted by Crippen LogP contribution is 1.69. The quantitative estimate of drug-likeness (QED) is 0.430. The van der Waals surface area contributed by atoms with Crippen LogP contribution in [0, 0.1) is 0 Å². The van der Waals surface area contributed by atoms with Crippen LogP contribution in [0.2, 0.25) is 0 Å². The Morgan fingerprint density at radius 3 is 1.55 bits per heavy atom. The van der Waals surface area contributed by atoms with Crippen LogP contribution in [0.1, 0.15) is 6.92 Å². The number of carbonyl (C=O) groups excluding carboxylic acids is 1. The number of carbonyl (C=O) groups is 1. The SMILES string of the molecule is C=C.C=CO.CC(=O)N(C)C. The lowest BCUT2D eigenvalue weighted by atomic mass is 10.7. The summed E-state index contributed by atoms with van der Waals surface area (Å²) in [5.41, 5.74) is 0. The van der Waals surface area contributed by atoms with Gasteiger partial charge in [0.15, 0.2) is 0 Å². The zero-order valence-corrected chi connectivity index (χ0v) is 7.50. The maximum absolute atomic E-state index is 10.1. The summed E-state index contributed by atoms with van der Waals surface area (Å²) in [6, 6.07) is 0. The second-order valence-corrected chi connectivity index (χ2v) is 1.60. The maximum atomic E-state index is 10.1. The molecule has 66 valence electrons. The van der Waals surface area contributed by atoms with Gasteiger partial charge in [-0.25, -0.2) is 0 Å². The van der Waals surface area contributed by atoms with E-state index in [-0.39, 0.29) is 5.91 Å².